The summed E-state index contributed by atoms with van der Waals surface area (Å²) >= 11 is 5.78. The van der Waals surface area contributed by atoms with Crippen molar-refractivity contribution < 1.29 is 4.74 Å². The number of hydrogen-bond donors (Lipinski definition) is 1. The van der Waals surface area contributed by atoms with Crippen molar-refractivity contribution in [1.29, 1.82) is 0 Å². The molecule has 0 radical (unpaired) electrons. The number of anilines is 1. The maximum absolute atomic E-state index is 5.78. The zero-order chi connectivity index (χ0) is 20.6. The third-order valence-electron chi connectivity index (χ3n) is 4.70. The molecule has 1 heterocycles. The zero-order valence-electron chi connectivity index (χ0n) is 17.3. The van der Waals surface area contributed by atoms with Crippen molar-refractivity contribution in [2.24, 2.45) is 0 Å². The van der Waals surface area contributed by atoms with Crippen molar-refractivity contribution in [3.63, 3.8) is 0 Å². The third kappa shape index (κ3) is 6.32. The van der Waals surface area contributed by atoms with E-state index in [0.717, 1.165) is 42.6 Å². The average molecular weight is 409 g/mol. The standard InChI is InChI=1S/C23H28N4OS/c1-18-13-19(2)15-21(14-18)25-23(29)27(11-4-10-26-12-9-24-17-26)16-20-5-7-22(28-3)8-6-20/h5-9,12-15,17H,4,10-11,16H2,1-3H3,(H,25,29). The highest BCUT2D eigenvalue weighted by Crippen LogP contribution is 2.17. The van der Waals surface area contributed by atoms with Crippen LogP contribution >= 0.6 is 12.2 Å². The van der Waals surface area contributed by atoms with Crippen LogP contribution < -0.4 is 10.1 Å². The van der Waals surface area contributed by atoms with Gasteiger partial charge in [0.15, 0.2) is 5.11 Å². The van der Waals surface area contributed by atoms with Crippen molar-refractivity contribution in [3.05, 3.63) is 77.9 Å². The summed E-state index contributed by atoms with van der Waals surface area (Å²) in [5.41, 5.74) is 4.66. The van der Waals surface area contributed by atoms with Crippen molar-refractivity contribution >= 4 is 23.0 Å². The van der Waals surface area contributed by atoms with E-state index in [1.54, 1.807) is 13.3 Å². The number of hydrogen-bond acceptors (Lipinski definition) is 3. The Morgan fingerprint density at radius 1 is 1.14 bits per heavy atom. The van der Waals surface area contributed by atoms with Crippen LogP contribution in [0.2, 0.25) is 0 Å². The smallest absolute Gasteiger partial charge is 0.173 e. The fraction of sp³-hybridized carbons (Fsp3) is 0.304. The molecule has 0 saturated heterocycles. The maximum atomic E-state index is 5.78. The van der Waals surface area contributed by atoms with E-state index in [9.17, 15) is 0 Å². The van der Waals surface area contributed by atoms with Gasteiger partial charge in [0.2, 0.25) is 0 Å². The van der Waals surface area contributed by atoms with Crippen molar-refractivity contribution in [3.8, 4) is 5.75 Å². The van der Waals surface area contributed by atoms with E-state index >= 15 is 0 Å². The van der Waals surface area contributed by atoms with Gasteiger partial charge in [-0.3, -0.25) is 0 Å². The van der Waals surface area contributed by atoms with Crippen LogP contribution in [0.5, 0.6) is 5.75 Å². The number of methoxy groups -OCH3 is 1. The Hall–Kier alpha value is -2.86. The highest BCUT2D eigenvalue weighted by Gasteiger charge is 2.12. The topological polar surface area (TPSA) is 42.3 Å². The lowest BCUT2D eigenvalue weighted by Crippen LogP contribution is -2.35. The Balaban J connectivity index is 1.69. The number of thiocarbonyl (C=S) groups is 1. The molecule has 0 bridgehead atoms. The van der Waals surface area contributed by atoms with E-state index in [4.69, 9.17) is 17.0 Å². The summed E-state index contributed by atoms with van der Waals surface area (Å²) in [6.45, 7) is 6.69. The monoisotopic (exact) mass is 408 g/mol. The van der Waals surface area contributed by atoms with E-state index in [1.807, 2.05) is 24.7 Å². The number of aryl methyl sites for hydroxylation is 3. The van der Waals surface area contributed by atoms with Crippen molar-refractivity contribution in [2.45, 2.75) is 33.4 Å². The molecule has 29 heavy (non-hydrogen) atoms. The predicted molar refractivity (Wildman–Crippen MR) is 122 cm³/mol. The number of aromatic nitrogens is 2. The van der Waals surface area contributed by atoms with E-state index in [1.165, 1.54) is 16.7 Å². The Morgan fingerprint density at radius 2 is 1.86 bits per heavy atom. The van der Waals surface area contributed by atoms with Crippen LogP contribution in [-0.2, 0) is 13.1 Å². The van der Waals surface area contributed by atoms with Crippen LogP contribution in [-0.4, -0.2) is 33.2 Å². The molecule has 0 unspecified atom stereocenters. The van der Waals surface area contributed by atoms with E-state index in [-0.39, 0.29) is 0 Å². The summed E-state index contributed by atoms with van der Waals surface area (Å²) < 4.78 is 7.36. The Morgan fingerprint density at radius 3 is 2.48 bits per heavy atom. The first-order chi connectivity index (χ1) is 14.0. The summed E-state index contributed by atoms with van der Waals surface area (Å²) in [5.74, 6) is 0.858. The number of nitrogens with one attached hydrogen (secondary N) is 1. The second-order valence-electron chi connectivity index (χ2n) is 7.23. The molecule has 6 heteroatoms. The number of benzene rings is 2. The Kier molecular flexibility index (Phi) is 7.25. The molecule has 3 aromatic rings. The van der Waals surface area contributed by atoms with Gasteiger partial charge < -0.3 is 19.5 Å². The van der Waals surface area contributed by atoms with Gasteiger partial charge in [-0.1, -0.05) is 18.2 Å². The average Bonchev–Trinajstić information content (AvgIpc) is 3.20. The summed E-state index contributed by atoms with van der Waals surface area (Å²) in [4.78, 5) is 6.32. The molecular weight excluding hydrogens is 380 g/mol. The summed E-state index contributed by atoms with van der Waals surface area (Å²) in [5, 5.41) is 4.16. The van der Waals surface area contributed by atoms with E-state index in [2.05, 4.69) is 63.9 Å². The van der Waals surface area contributed by atoms with Crippen LogP contribution in [0.25, 0.3) is 0 Å². The molecule has 2 aromatic carbocycles. The third-order valence-corrected chi connectivity index (χ3v) is 5.06. The van der Waals surface area contributed by atoms with E-state index in [0.29, 0.717) is 0 Å². The first-order valence-electron chi connectivity index (χ1n) is 9.76. The minimum Gasteiger partial charge on any atom is -0.497 e. The highest BCUT2D eigenvalue weighted by molar-refractivity contribution is 7.80. The molecule has 0 fully saturated rings. The maximum Gasteiger partial charge on any atom is 0.173 e. The van der Waals surface area contributed by atoms with Gasteiger partial charge >= 0.3 is 0 Å². The van der Waals surface area contributed by atoms with Crippen LogP contribution in [0, 0.1) is 13.8 Å². The molecule has 0 aliphatic carbocycles. The van der Waals surface area contributed by atoms with Gasteiger partial charge in [0, 0.05) is 37.7 Å². The van der Waals surface area contributed by atoms with Crippen LogP contribution in [0.15, 0.2) is 61.2 Å². The largest absolute Gasteiger partial charge is 0.497 e. The van der Waals surface area contributed by atoms with Crippen LogP contribution in [0.4, 0.5) is 5.69 Å². The number of rotatable bonds is 8. The minimum atomic E-state index is 0.733. The second-order valence-corrected chi connectivity index (χ2v) is 7.62. The SMILES string of the molecule is COc1ccc(CN(CCCn2ccnc2)C(=S)Nc2cc(C)cc(C)c2)cc1. The second kappa shape index (κ2) is 10.1. The Labute approximate surface area is 178 Å². The molecule has 0 saturated carbocycles. The van der Waals surface area contributed by atoms with Gasteiger partial charge in [-0.25, -0.2) is 4.98 Å². The molecule has 0 aliphatic rings. The van der Waals surface area contributed by atoms with Gasteiger partial charge in [-0.2, -0.15) is 0 Å². The molecule has 152 valence electrons. The van der Waals surface area contributed by atoms with Gasteiger partial charge in [-0.15, -0.1) is 0 Å². The van der Waals surface area contributed by atoms with Gasteiger partial charge in [0.1, 0.15) is 5.75 Å². The van der Waals surface area contributed by atoms with Crippen molar-refractivity contribution in [2.75, 3.05) is 19.0 Å². The molecule has 1 N–H and O–H groups in total. The summed E-state index contributed by atoms with van der Waals surface area (Å²) in [7, 11) is 1.68. The lowest BCUT2D eigenvalue weighted by Gasteiger charge is -2.26. The fourth-order valence-electron chi connectivity index (χ4n) is 3.32. The van der Waals surface area contributed by atoms with Crippen molar-refractivity contribution in [1.82, 2.24) is 14.5 Å². The van der Waals surface area contributed by atoms with Gasteiger partial charge in [0.05, 0.1) is 13.4 Å². The molecular formula is C23H28N4OS. The van der Waals surface area contributed by atoms with Gasteiger partial charge in [-0.05, 0) is 73.4 Å². The lowest BCUT2D eigenvalue weighted by atomic mass is 10.1. The number of imidazole rings is 1. The highest BCUT2D eigenvalue weighted by atomic mass is 32.1. The summed E-state index contributed by atoms with van der Waals surface area (Å²) in [6, 6.07) is 14.5. The predicted octanol–water partition coefficient (Wildman–Crippen LogP) is 4.80. The summed E-state index contributed by atoms with van der Waals surface area (Å²) in [6.07, 6.45) is 6.61. The molecule has 0 aliphatic heterocycles. The first kappa shape index (κ1) is 20.9. The van der Waals surface area contributed by atoms with Crippen LogP contribution in [0.1, 0.15) is 23.1 Å². The zero-order valence-corrected chi connectivity index (χ0v) is 18.1. The first-order valence-corrected chi connectivity index (χ1v) is 10.2. The number of nitrogens with zero attached hydrogens (tertiary/aromatic N) is 3. The molecule has 1 aromatic heterocycles. The van der Waals surface area contributed by atoms with Gasteiger partial charge in [0.25, 0.3) is 0 Å². The Bertz CT molecular complexity index is 902. The fourth-order valence-corrected chi connectivity index (χ4v) is 3.59. The lowest BCUT2D eigenvalue weighted by molar-refractivity contribution is 0.394. The minimum absolute atomic E-state index is 0.733. The molecule has 0 atom stereocenters. The van der Waals surface area contributed by atoms with Crippen LogP contribution in [0.3, 0.4) is 0 Å². The molecule has 3 rings (SSSR count). The normalized spacial score (nSPS) is 10.6. The molecule has 0 amide bonds. The molecule has 5 nitrogen and oxygen atoms in total. The van der Waals surface area contributed by atoms with E-state index < -0.39 is 0 Å². The molecule has 0 spiro atoms. The quantitative estimate of drug-likeness (QED) is 0.543. The number of ether oxygens (including phenoxy) is 1.